The average Bonchev–Trinajstić information content (AvgIpc) is 2.32. The smallest absolute Gasteiger partial charge is 0.407 e. The van der Waals surface area contributed by atoms with Gasteiger partial charge < -0.3 is 25.8 Å². The maximum Gasteiger partial charge on any atom is 0.407 e. The normalized spacial score (nSPS) is 21.0. The van der Waals surface area contributed by atoms with Crippen LogP contribution in [0.3, 0.4) is 0 Å². The highest BCUT2D eigenvalue weighted by molar-refractivity contribution is 7.99. The Labute approximate surface area is 127 Å². The highest BCUT2D eigenvalue weighted by atomic mass is 32.2. The Balaban J connectivity index is 2.11. The van der Waals surface area contributed by atoms with Gasteiger partial charge in [-0.25, -0.2) is 9.59 Å². The molecule has 8 nitrogen and oxygen atoms in total. The lowest BCUT2D eigenvalue weighted by molar-refractivity contribution is -0.130. The van der Waals surface area contributed by atoms with Gasteiger partial charge in [-0.05, 0) is 20.8 Å². The van der Waals surface area contributed by atoms with Gasteiger partial charge in [-0.3, -0.25) is 4.79 Å². The van der Waals surface area contributed by atoms with E-state index >= 15 is 0 Å². The lowest BCUT2D eigenvalue weighted by atomic mass is 10.0. The van der Waals surface area contributed by atoms with E-state index in [1.807, 2.05) is 0 Å². The molecular weight excluding hydrogens is 298 g/mol. The Morgan fingerprint density at radius 1 is 1.43 bits per heavy atom. The summed E-state index contributed by atoms with van der Waals surface area (Å²) in [5.41, 5.74) is -0.525. The molecule has 2 unspecified atom stereocenters. The molecule has 0 aromatic heterocycles. The number of thioether (sulfide) groups is 1. The van der Waals surface area contributed by atoms with E-state index in [4.69, 9.17) is 9.84 Å². The first-order valence-electron chi connectivity index (χ1n) is 6.53. The van der Waals surface area contributed by atoms with Gasteiger partial charge in [0.25, 0.3) is 0 Å². The van der Waals surface area contributed by atoms with Gasteiger partial charge in [0.15, 0.2) is 0 Å². The summed E-state index contributed by atoms with van der Waals surface area (Å²) < 4.78 is 5.08. The predicted octanol–water partition coefficient (Wildman–Crippen LogP) is 0.379. The van der Waals surface area contributed by atoms with E-state index in [0.717, 1.165) is 0 Å². The molecule has 0 bridgehead atoms. The van der Waals surface area contributed by atoms with Crippen molar-refractivity contribution < 1.29 is 24.2 Å². The number of carboxylic acid groups (broad SMARTS) is 1. The van der Waals surface area contributed by atoms with E-state index in [1.54, 1.807) is 20.8 Å². The maximum absolute atomic E-state index is 11.4. The van der Waals surface area contributed by atoms with Crippen LogP contribution in [0.5, 0.6) is 0 Å². The topological polar surface area (TPSA) is 117 Å². The molecule has 2 atom stereocenters. The number of amides is 3. The van der Waals surface area contributed by atoms with Crippen molar-refractivity contribution in [1.82, 2.24) is 16.0 Å². The monoisotopic (exact) mass is 319 g/mol. The third-order valence-corrected chi connectivity index (χ3v) is 3.59. The van der Waals surface area contributed by atoms with E-state index in [0.29, 0.717) is 18.1 Å². The van der Waals surface area contributed by atoms with Crippen molar-refractivity contribution in [3.8, 4) is 0 Å². The van der Waals surface area contributed by atoms with Crippen LogP contribution in [0.2, 0.25) is 0 Å². The summed E-state index contributed by atoms with van der Waals surface area (Å²) in [5, 5.41) is 16.0. The quantitative estimate of drug-likeness (QED) is 0.415. The minimum Gasteiger partial charge on any atom is -0.465 e. The molecule has 1 rings (SSSR count). The van der Waals surface area contributed by atoms with Crippen molar-refractivity contribution in [2.45, 2.75) is 38.5 Å². The van der Waals surface area contributed by atoms with Crippen LogP contribution in [0.4, 0.5) is 9.59 Å². The van der Waals surface area contributed by atoms with Gasteiger partial charge in [0.2, 0.25) is 5.91 Å². The van der Waals surface area contributed by atoms with Crippen LogP contribution >= 0.6 is 11.8 Å². The Bertz CT molecular complexity index is 410. The van der Waals surface area contributed by atoms with Gasteiger partial charge in [-0.2, -0.15) is 11.8 Å². The number of alkyl carbamates (subject to hydrolysis) is 1. The molecule has 0 saturated carbocycles. The van der Waals surface area contributed by atoms with E-state index in [1.165, 1.54) is 11.8 Å². The molecule has 0 radical (unpaired) electrons. The number of β-lactam (4-membered cyclic amide) rings is 1. The summed E-state index contributed by atoms with van der Waals surface area (Å²) in [6.45, 7) is 5.81. The number of ether oxygens (including phenoxy) is 1. The maximum atomic E-state index is 11.4. The molecule has 0 aromatic carbocycles. The second-order valence-electron chi connectivity index (χ2n) is 5.55. The standard InChI is InChI=1S/C12H21N3O5S/c1-12(2,3)20-11(19)13-4-5-21-6-7-8(9(16)14-7)15-10(17)18/h7-8,15H,4-6H2,1-3H3,(H,13,19)(H,14,16)(H,17,18). The number of carbonyl (C=O) groups is 3. The lowest BCUT2D eigenvalue weighted by Gasteiger charge is -2.36. The molecule has 120 valence electrons. The molecule has 1 saturated heterocycles. The molecule has 1 fully saturated rings. The van der Waals surface area contributed by atoms with Crippen molar-refractivity contribution >= 4 is 29.9 Å². The van der Waals surface area contributed by atoms with E-state index in [-0.39, 0.29) is 11.9 Å². The molecule has 0 aromatic rings. The van der Waals surface area contributed by atoms with Gasteiger partial charge in [-0.15, -0.1) is 0 Å². The molecule has 1 heterocycles. The van der Waals surface area contributed by atoms with E-state index in [9.17, 15) is 14.4 Å². The highest BCUT2D eigenvalue weighted by Crippen LogP contribution is 2.13. The van der Waals surface area contributed by atoms with Gasteiger partial charge in [0, 0.05) is 18.1 Å². The van der Waals surface area contributed by atoms with Gasteiger partial charge in [0.05, 0.1) is 6.04 Å². The molecule has 0 spiro atoms. The molecule has 9 heteroatoms. The SMILES string of the molecule is CC(C)(C)OC(=O)NCCSCC1NC(=O)C1NC(=O)O. The molecule has 3 amide bonds. The second kappa shape index (κ2) is 7.39. The van der Waals surface area contributed by atoms with Crippen LogP contribution in [0, 0.1) is 0 Å². The van der Waals surface area contributed by atoms with Crippen LogP contribution in [-0.4, -0.2) is 58.9 Å². The summed E-state index contributed by atoms with van der Waals surface area (Å²) in [6, 6.07) is -0.894. The van der Waals surface area contributed by atoms with Crippen LogP contribution in [0.25, 0.3) is 0 Å². The number of rotatable bonds is 6. The minimum atomic E-state index is -1.21. The van der Waals surface area contributed by atoms with Crippen LogP contribution in [0.15, 0.2) is 0 Å². The zero-order chi connectivity index (χ0) is 16.0. The molecule has 1 aliphatic rings. The fourth-order valence-corrected chi connectivity index (χ4v) is 2.57. The van der Waals surface area contributed by atoms with Crippen LogP contribution < -0.4 is 16.0 Å². The third kappa shape index (κ3) is 6.56. The Morgan fingerprint density at radius 2 is 2.10 bits per heavy atom. The number of carbonyl (C=O) groups excluding carboxylic acids is 2. The van der Waals surface area contributed by atoms with Crippen molar-refractivity contribution in [1.29, 1.82) is 0 Å². The first kappa shape index (κ1) is 17.4. The first-order chi connectivity index (χ1) is 9.69. The van der Waals surface area contributed by atoms with Gasteiger partial charge in [0.1, 0.15) is 11.6 Å². The minimum absolute atomic E-state index is 0.208. The third-order valence-electron chi connectivity index (χ3n) is 2.50. The molecule has 4 N–H and O–H groups in total. The van der Waals surface area contributed by atoms with Crippen LogP contribution in [0.1, 0.15) is 20.8 Å². The number of nitrogens with one attached hydrogen (secondary N) is 3. The summed E-state index contributed by atoms with van der Waals surface area (Å²) in [5.74, 6) is 0.910. The summed E-state index contributed by atoms with van der Waals surface area (Å²) in [6.07, 6.45) is -1.68. The highest BCUT2D eigenvalue weighted by Gasteiger charge is 2.39. The molecule has 0 aliphatic carbocycles. The summed E-state index contributed by atoms with van der Waals surface area (Å²) in [7, 11) is 0. The lowest BCUT2D eigenvalue weighted by Crippen LogP contribution is -2.70. The Morgan fingerprint density at radius 3 is 2.62 bits per heavy atom. The van der Waals surface area contributed by atoms with Gasteiger partial charge in [-0.1, -0.05) is 0 Å². The molecule has 1 aliphatic heterocycles. The fourth-order valence-electron chi connectivity index (χ4n) is 1.63. The number of hydrogen-bond donors (Lipinski definition) is 4. The van der Waals surface area contributed by atoms with Crippen molar-refractivity contribution in [2.75, 3.05) is 18.1 Å². The zero-order valence-electron chi connectivity index (χ0n) is 12.3. The largest absolute Gasteiger partial charge is 0.465 e. The zero-order valence-corrected chi connectivity index (χ0v) is 13.1. The first-order valence-corrected chi connectivity index (χ1v) is 7.69. The van der Waals surface area contributed by atoms with Crippen molar-refractivity contribution in [2.24, 2.45) is 0 Å². The summed E-state index contributed by atoms with van der Waals surface area (Å²) >= 11 is 1.51. The Hall–Kier alpha value is -1.64. The van der Waals surface area contributed by atoms with Gasteiger partial charge >= 0.3 is 12.2 Å². The molecule has 21 heavy (non-hydrogen) atoms. The summed E-state index contributed by atoms with van der Waals surface area (Å²) in [4.78, 5) is 33.0. The number of hydrogen-bond acceptors (Lipinski definition) is 5. The Kier molecular flexibility index (Phi) is 6.13. The van der Waals surface area contributed by atoms with E-state index < -0.39 is 23.8 Å². The fraction of sp³-hybridized carbons (Fsp3) is 0.750. The second-order valence-corrected chi connectivity index (χ2v) is 6.70. The molecular formula is C12H21N3O5S. The van der Waals surface area contributed by atoms with Crippen LogP contribution in [-0.2, 0) is 9.53 Å². The average molecular weight is 319 g/mol. The predicted molar refractivity (Wildman–Crippen MR) is 78.4 cm³/mol. The van der Waals surface area contributed by atoms with E-state index in [2.05, 4.69) is 16.0 Å². The van der Waals surface area contributed by atoms with Crippen molar-refractivity contribution in [3.63, 3.8) is 0 Å². The van der Waals surface area contributed by atoms with Crippen molar-refractivity contribution in [3.05, 3.63) is 0 Å².